The summed E-state index contributed by atoms with van der Waals surface area (Å²) in [6, 6.07) is 24.1. The van der Waals surface area contributed by atoms with E-state index < -0.39 is 20.8 Å². The van der Waals surface area contributed by atoms with Crippen LogP contribution in [0.15, 0.2) is 119 Å². The third-order valence-electron chi connectivity index (χ3n) is 5.61. The summed E-state index contributed by atoms with van der Waals surface area (Å²) in [6.07, 6.45) is 6.12. The molecule has 0 aliphatic rings. The summed E-state index contributed by atoms with van der Waals surface area (Å²) in [5.41, 5.74) is 1.69. The predicted octanol–water partition coefficient (Wildman–Crippen LogP) is 3.72. The van der Waals surface area contributed by atoms with Gasteiger partial charge in [0.15, 0.2) is 0 Å². The minimum absolute atomic E-state index is 0.108. The molecule has 40 heavy (non-hydrogen) atoms. The average molecular weight is 553 g/mol. The minimum atomic E-state index is -4.29. The molecule has 1 N–H and O–H groups in total. The number of sulfonamides is 1. The first-order chi connectivity index (χ1) is 19.3. The van der Waals surface area contributed by atoms with Gasteiger partial charge in [-0.25, -0.2) is 13.4 Å². The fraction of sp³-hybridized carbons (Fsp3) is 0. The van der Waals surface area contributed by atoms with Crippen LogP contribution in [0.5, 0.6) is 0 Å². The van der Waals surface area contributed by atoms with Gasteiger partial charge in [-0.3, -0.25) is 19.8 Å². The molecule has 0 bridgehead atoms. The summed E-state index contributed by atoms with van der Waals surface area (Å²) in [6.45, 7) is 0. The van der Waals surface area contributed by atoms with Crippen molar-refractivity contribution in [3.8, 4) is 5.82 Å². The number of benzene rings is 3. The van der Waals surface area contributed by atoms with Crippen molar-refractivity contribution in [2.45, 2.75) is 4.90 Å². The molecule has 3 aromatic carbocycles. The Morgan fingerprint density at radius 2 is 1.65 bits per heavy atom. The molecule has 2 heterocycles. The van der Waals surface area contributed by atoms with Crippen LogP contribution >= 0.6 is 0 Å². The van der Waals surface area contributed by atoms with Crippen molar-refractivity contribution < 1.29 is 23.0 Å². The molecule has 0 spiro atoms. The van der Waals surface area contributed by atoms with Gasteiger partial charge >= 0.3 is 5.82 Å². The summed E-state index contributed by atoms with van der Waals surface area (Å²) >= 11 is 0. The molecule has 0 unspecified atom stereocenters. The second-order valence-corrected chi connectivity index (χ2v) is 10.1. The van der Waals surface area contributed by atoms with Crippen LogP contribution in [0, 0.1) is 10.1 Å². The number of pyridine rings is 1. The Morgan fingerprint density at radius 3 is 2.40 bits per heavy atom. The van der Waals surface area contributed by atoms with Crippen molar-refractivity contribution in [3.63, 3.8) is 0 Å². The molecule has 0 atom stereocenters. The van der Waals surface area contributed by atoms with E-state index in [9.17, 15) is 23.6 Å². The zero-order chi connectivity index (χ0) is 28.1. The molecule has 0 fully saturated rings. The lowest BCUT2D eigenvalue weighted by atomic mass is 10.2. The maximum atomic E-state index is 13.2. The largest absolute Gasteiger partial charge is 0.859 e. The first kappa shape index (κ1) is 26.1. The molecule has 0 amide bonds. The smallest absolute Gasteiger partial charge is 0.372 e. The van der Waals surface area contributed by atoms with E-state index in [1.54, 1.807) is 48.7 Å². The molecule has 0 saturated heterocycles. The van der Waals surface area contributed by atoms with Gasteiger partial charge in [0, 0.05) is 12.1 Å². The van der Waals surface area contributed by atoms with Gasteiger partial charge in [0.25, 0.3) is 15.7 Å². The highest BCUT2D eigenvalue weighted by Crippen LogP contribution is 2.23. The van der Waals surface area contributed by atoms with Gasteiger partial charge in [0.1, 0.15) is 17.4 Å². The average Bonchev–Trinajstić information content (AvgIpc) is 2.96. The maximum absolute atomic E-state index is 13.2. The van der Waals surface area contributed by atoms with Gasteiger partial charge in [-0.05, 0) is 46.8 Å². The highest BCUT2D eigenvalue weighted by atomic mass is 32.2. The fourth-order valence-electron chi connectivity index (χ4n) is 3.75. The third-order valence-corrected chi connectivity index (χ3v) is 6.95. The summed E-state index contributed by atoms with van der Waals surface area (Å²) in [5.74, 6) is -0.502. The Labute approximate surface area is 228 Å². The van der Waals surface area contributed by atoms with Gasteiger partial charge in [-0.15, -0.1) is 0 Å². The molecule has 0 aliphatic carbocycles. The quantitative estimate of drug-likeness (QED) is 0.101. The van der Waals surface area contributed by atoms with E-state index in [0.29, 0.717) is 16.7 Å². The number of non-ortho nitro benzene ring substituents is 1. The molecule has 0 saturated carbocycles. The van der Waals surface area contributed by atoms with E-state index in [0.717, 1.165) is 11.6 Å². The van der Waals surface area contributed by atoms with Crippen molar-refractivity contribution in [3.05, 3.63) is 125 Å². The third kappa shape index (κ3) is 5.97. The number of fused-ring (bicyclic) bond motifs is 1. The van der Waals surface area contributed by atoms with E-state index in [1.165, 1.54) is 35.0 Å². The van der Waals surface area contributed by atoms with Crippen LogP contribution < -0.4 is 14.4 Å². The molecule has 2 aromatic heterocycles. The highest BCUT2D eigenvalue weighted by Gasteiger charge is 2.26. The minimum Gasteiger partial charge on any atom is -0.859 e. The topological polar surface area (TPSA) is 154 Å². The zero-order valence-electron chi connectivity index (χ0n) is 20.7. The summed E-state index contributed by atoms with van der Waals surface area (Å²) in [5, 5.41) is 23.6. The summed E-state index contributed by atoms with van der Waals surface area (Å²) in [4.78, 5) is 23.3. The Hall–Kier alpha value is -5.49. The monoisotopic (exact) mass is 552 g/mol. The van der Waals surface area contributed by atoms with Crippen molar-refractivity contribution in [2.24, 2.45) is 4.99 Å². The number of nitro groups is 1. The summed E-state index contributed by atoms with van der Waals surface area (Å²) in [7, 11) is -4.29. The van der Waals surface area contributed by atoms with Gasteiger partial charge in [-0.2, -0.15) is 4.57 Å². The van der Waals surface area contributed by atoms with Gasteiger partial charge in [0.05, 0.1) is 16.0 Å². The Kier molecular flexibility index (Phi) is 7.25. The second kappa shape index (κ2) is 11.1. The molecule has 5 rings (SSSR count). The van der Waals surface area contributed by atoms with E-state index in [2.05, 4.69) is 19.7 Å². The standard InChI is InChI=1S/C28H20N6O5S/c35-26(16-15-20-8-2-1-3-9-20)29-21-10-7-17-33(19-21)28-27(30-24-13-4-5-14-25(24)31-28)32-40(38,39)23-12-6-11-22(18-23)34(36)37/h1-19H,(H-,29,30,32,35). The molecular weight excluding hydrogens is 532 g/mol. The number of hydrogen-bond donors (Lipinski definition) is 1. The fourth-order valence-corrected chi connectivity index (χ4v) is 4.79. The van der Waals surface area contributed by atoms with Crippen molar-refractivity contribution in [2.75, 3.05) is 4.72 Å². The van der Waals surface area contributed by atoms with Crippen LogP contribution in [0.25, 0.3) is 22.9 Å². The summed E-state index contributed by atoms with van der Waals surface area (Å²) < 4.78 is 30.3. The van der Waals surface area contributed by atoms with Crippen LogP contribution in [-0.4, -0.2) is 29.2 Å². The lowest BCUT2D eigenvalue weighted by Gasteiger charge is -2.09. The number of rotatable bonds is 8. The van der Waals surface area contributed by atoms with Crippen LogP contribution in [0.4, 0.5) is 17.2 Å². The van der Waals surface area contributed by atoms with Crippen molar-refractivity contribution in [1.29, 1.82) is 0 Å². The van der Waals surface area contributed by atoms with Gasteiger partial charge in [0.2, 0.25) is 11.3 Å². The number of anilines is 1. The Bertz CT molecular complexity index is 1890. The van der Waals surface area contributed by atoms with E-state index in [1.807, 2.05) is 30.3 Å². The van der Waals surface area contributed by atoms with Crippen LogP contribution in [0.1, 0.15) is 5.56 Å². The lowest BCUT2D eigenvalue weighted by Crippen LogP contribution is -2.33. The molecule has 11 nitrogen and oxygen atoms in total. The van der Waals surface area contributed by atoms with Crippen molar-refractivity contribution in [1.82, 2.24) is 9.97 Å². The number of nitro benzene ring substituents is 1. The first-order valence-electron chi connectivity index (χ1n) is 11.8. The normalized spacial score (nSPS) is 12.1. The number of aliphatic imine (C=N–C) groups is 1. The molecular formula is C28H20N6O5S. The molecule has 5 aromatic rings. The Morgan fingerprint density at radius 1 is 0.925 bits per heavy atom. The van der Waals surface area contributed by atoms with Crippen LogP contribution in [0.3, 0.4) is 0 Å². The van der Waals surface area contributed by atoms with Crippen LogP contribution in [0.2, 0.25) is 0 Å². The van der Waals surface area contributed by atoms with E-state index in [-0.39, 0.29) is 22.2 Å². The first-order valence-corrected chi connectivity index (χ1v) is 13.3. The molecule has 198 valence electrons. The lowest BCUT2D eigenvalue weighted by molar-refractivity contribution is -0.598. The number of hydrogen-bond acceptors (Lipinski definition) is 8. The number of para-hydroxylation sites is 2. The van der Waals surface area contributed by atoms with Gasteiger partial charge < -0.3 is 5.11 Å². The van der Waals surface area contributed by atoms with E-state index >= 15 is 0 Å². The maximum Gasteiger partial charge on any atom is 0.372 e. The molecule has 0 aliphatic heterocycles. The van der Waals surface area contributed by atoms with E-state index in [4.69, 9.17) is 0 Å². The number of nitrogens with one attached hydrogen (secondary N) is 1. The highest BCUT2D eigenvalue weighted by molar-refractivity contribution is 7.92. The second-order valence-electron chi connectivity index (χ2n) is 8.41. The Balaban J connectivity index is 1.54. The molecule has 12 heteroatoms. The number of aromatic nitrogens is 3. The zero-order valence-corrected chi connectivity index (χ0v) is 21.5. The predicted molar refractivity (Wildman–Crippen MR) is 148 cm³/mol. The molecule has 0 radical (unpaired) electrons. The van der Waals surface area contributed by atoms with Gasteiger partial charge in [-0.1, -0.05) is 60.7 Å². The number of nitrogens with zero attached hydrogens (tertiary/aromatic N) is 5. The van der Waals surface area contributed by atoms with Crippen molar-refractivity contribution >= 4 is 50.2 Å². The van der Waals surface area contributed by atoms with Crippen LogP contribution in [-0.2, 0) is 10.0 Å². The SMILES string of the molecule is O=[N+]([O-])c1cccc(S(=O)(=O)Nc2nc3ccccc3nc2-[n+]2cccc(N=C([O-])C=Cc3ccccc3)c2)c1.